The standard InChI is InChI=1S/C8H17N/c1-3-6-9-8-5-4-7(8)2/h7-9H,3-6H2,1-2H3. The molecular formula is C8H17N. The highest BCUT2D eigenvalue weighted by Gasteiger charge is 2.24. The second-order valence-corrected chi connectivity index (χ2v) is 3.12. The summed E-state index contributed by atoms with van der Waals surface area (Å²) in [5.41, 5.74) is 0. The highest BCUT2D eigenvalue weighted by atomic mass is 14.9. The van der Waals surface area contributed by atoms with Crippen molar-refractivity contribution in [1.29, 1.82) is 0 Å². The van der Waals surface area contributed by atoms with Crippen molar-refractivity contribution >= 4 is 0 Å². The summed E-state index contributed by atoms with van der Waals surface area (Å²) in [6, 6.07) is 0.852. The lowest BCUT2D eigenvalue weighted by Crippen LogP contribution is -2.42. The van der Waals surface area contributed by atoms with Gasteiger partial charge in [0.15, 0.2) is 0 Å². The van der Waals surface area contributed by atoms with Crippen molar-refractivity contribution in [3.05, 3.63) is 0 Å². The van der Waals surface area contributed by atoms with E-state index in [0.717, 1.165) is 12.0 Å². The number of rotatable bonds is 3. The number of hydrogen-bond donors (Lipinski definition) is 1. The number of hydrogen-bond acceptors (Lipinski definition) is 1. The first-order valence-corrected chi connectivity index (χ1v) is 4.08. The summed E-state index contributed by atoms with van der Waals surface area (Å²) in [4.78, 5) is 0. The molecule has 2 unspecified atom stereocenters. The first-order chi connectivity index (χ1) is 4.34. The van der Waals surface area contributed by atoms with Crippen LogP contribution in [-0.2, 0) is 0 Å². The topological polar surface area (TPSA) is 12.0 Å². The normalized spacial score (nSPS) is 34.0. The molecule has 0 aromatic heterocycles. The van der Waals surface area contributed by atoms with E-state index < -0.39 is 0 Å². The van der Waals surface area contributed by atoms with E-state index in [9.17, 15) is 0 Å². The summed E-state index contributed by atoms with van der Waals surface area (Å²) in [6.45, 7) is 5.75. The minimum absolute atomic E-state index is 0.852. The highest BCUT2D eigenvalue weighted by Crippen LogP contribution is 2.25. The summed E-state index contributed by atoms with van der Waals surface area (Å²) >= 11 is 0. The molecule has 1 aliphatic rings. The van der Waals surface area contributed by atoms with Crippen LogP contribution in [0.2, 0.25) is 0 Å². The lowest BCUT2D eigenvalue weighted by atomic mass is 9.81. The molecule has 0 bridgehead atoms. The van der Waals surface area contributed by atoms with E-state index in [0.29, 0.717) is 0 Å². The fraction of sp³-hybridized carbons (Fsp3) is 1.00. The average molecular weight is 127 g/mol. The molecule has 9 heavy (non-hydrogen) atoms. The lowest BCUT2D eigenvalue weighted by Gasteiger charge is -2.34. The molecule has 0 aliphatic heterocycles. The molecule has 0 aromatic carbocycles. The molecule has 1 aliphatic carbocycles. The van der Waals surface area contributed by atoms with Crippen molar-refractivity contribution in [3.8, 4) is 0 Å². The Morgan fingerprint density at radius 2 is 2.22 bits per heavy atom. The van der Waals surface area contributed by atoms with E-state index in [2.05, 4.69) is 19.2 Å². The number of nitrogens with one attached hydrogen (secondary N) is 1. The average Bonchev–Trinajstić information content (AvgIpc) is 1.86. The Labute approximate surface area is 57.8 Å². The van der Waals surface area contributed by atoms with Gasteiger partial charge in [0.25, 0.3) is 0 Å². The third-order valence-corrected chi connectivity index (χ3v) is 2.28. The summed E-state index contributed by atoms with van der Waals surface area (Å²) in [5.74, 6) is 0.941. The maximum atomic E-state index is 3.52. The van der Waals surface area contributed by atoms with Gasteiger partial charge in [-0.2, -0.15) is 0 Å². The first-order valence-electron chi connectivity index (χ1n) is 4.08. The molecule has 2 atom stereocenters. The first kappa shape index (κ1) is 7.07. The molecule has 54 valence electrons. The predicted molar refractivity (Wildman–Crippen MR) is 40.5 cm³/mol. The molecule has 0 saturated heterocycles. The van der Waals surface area contributed by atoms with Gasteiger partial charge in [-0.15, -0.1) is 0 Å². The van der Waals surface area contributed by atoms with Gasteiger partial charge in [0.1, 0.15) is 0 Å². The van der Waals surface area contributed by atoms with Crippen molar-refractivity contribution < 1.29 is 0 Å². The van der Waals surface area contributed by atoms with Crippen LogP contribution in [0.1, 0.15) is 33.1 Å². The third kappa shape index (κ3) is 1.68. The van der Waals surface area contributed by atoms with Crippen LogP contribution >= 0.6 is 0 Å². The van der Waals surface area contributed by atoms with E-state index in [1.165, 1.54) is 25.8 Å². The Bertz CT molecular complexity index is 80.6. The fourth-order valence-electron chi connectivity index (χ4n) is 1.30. The van der Waals surface area contributed by atoms with E-state index in [1.807, 2.05) is 0 Å². The Morgan fingerprint density at radius 1 is 1.44 bits per heavy atom. The molecule has 1 nitrogen and oxygen atoms in total. The van der Waals surface area contributed by atoms with Crippen LogP contribution < -0.4 is 5.32 Å². The van der Waals surface area contributed by atoms with Gasteiger partial charge in [0, 0.05) is 6.04 Å². The molecule has 1 saturated carbocycles. The molecule has 0 spiro atoms. The Balaban J connectivity index is 1.99. The largest absolute Gasteiger partial charge is 0.314 e. The summed E-state index contributed by atoms with van der Waals surface area (Å²) in [5, 5.41) is 3.52. The highest BCUT2D eigenvalue weighted by molar-refractivity contribution is 4.82. The van der Waals surface area contributed by atoms with Crippen molar-refractivity contribution in [2.75, 3.05) is 6.54 Å². The second kappa shape index (κ2) is 3.21. The zero-order chi connectivity index (χ0) is 6.69. The zero-order valence-corrected chi connectivity index (χ0v) is 6.48. The maximum Gasteiger partial charge on any atom is 0.00928 e. The minimum atomic E-state index is 0.852. The van der Waals surface area contributed by atoms with Gasteiger partial charge < -0.3 is 5.32 Å². The van der Waals surface area contributed by atoms with Crippen molar-refractivity contribution in [1.82, 2.24) is 5.32 Å². The molecule has 1 fully saturated rings. The Kier molecular flexibility index (Phi) is 2.52. The van der Waals surface area contributed by atoms with Crippen molar-refractivity contribution in [2.45, 2.75) is 39.2 Å². The SMILES string of the molecule is CCCNC1CCC1C. The molecule has 0 radical (unpaired) electrons. The third-order valence-electron chi connectivity index (χ3n) is 2.28. The monoisotopic (exact) mass is 127 g/mol. The molecule has 1 rings (SSSR count). The predicted octanol–water partition coefficient (Wildman–Crippen LogP) is 1.78. The summed E-state index contributed by atoms with van der Waals surface area (Å²) < 4.78 is 0. The molecule has 0 heterocycles. The van der Waals surface area contributed by atoms with Gasteiger partial charge in [-0.1, -0.05) is 13.8 Å². The summed E-state index contributed by atoms with van der Waals surface area (Å²) in [6.07, 6.45) is 4.10. The molecule has 0 amide bonds. The molecule has 0 aromatic rings. The molecular weight excluding hydrogens is 110 g/mol. The maximum absolute atomic E-state index is 3.52. The quantitative estimate of drug-likeness (QED) is 0.609. The van der Waals surface area contributed by atoms with Gasteiger partial charge in [0.2, 0.25) is 0 Å². The van der Waals surface area contributed by atoms with Gasteiger partial charge in [-0.25, -0.2) is 0 Å². The van der Waals surface area contributed by atoms with E-state index in [1.54, 1.807) is 0 Å². The van der Waals surface area contributed by atoms with Gasteiger partial charge in [-0.3, -0.25) is 0 Å². The minimum Gasteiger partial charge on any atom is -0.314 e. The van der Waals surface area contributed by atoms with Gasteiger partial charge in [0.05, 0.1) is 0 Å². The van der Waals surface area contributed by atoms with Crippen LogP contribution in [0.4, 0.5) is 0 Å². The van der Waals surface area contributed by atoms with Crippen LogP contribution in [0.15, 0.2) is 0 Å². The van der Waals surface area contributed by atoms with E-state index in [-0.39, 0.29) is 0 Å². The van der Waals surface area contributed by atoms with Crippen LogP contribution in [0, 0.1) is 5.92 Å². The molecule has 1 heteroatoms. The van der Waals surface area contributed by atoms with Gasteiger partial charge in [-0.05, 0) is 31.7 Å². The molecule has 1 N–H and O–H groups in total. The van der Waals surface area contributed by atoms with Crippen molar-refractivity contribution in [3.63, 3.8) is 0 Å². The second-order valence-electron chi connectivity index (χ2n) is 3.12. The van der Waals surface area contributed by atoms with E-state index in [4.69, 9.17) is 0 Å². The Hall–Kier alpha value is -0.0400. The smallest absolute Gasteiger partial charge is 0.00928 e. The van der Waals surface area contributed by atoms with E-state index >= 15 is 0 Å². The zero-order valence-electron chi connectivity index (χ0n) is 6.48. The van der Waals surface area contributed by atoms with Gasteiger partial charge >= 0.3 is 0 Å². The van der Waals surface area contributed by atoms with Crippen LogP contribution in [0.25, 0.3) is 0 Å². The van der Waals surface area contributed by atoms with Crippen LogP contribution in [0.5, 0.6) is 0 Å². The fourth-order valence-corrected chi connectivity index (χ4v) is 1.30. The van der Waals surface area contributed by atoms with Crippen LogP contribution in [-0.4, -0.2) is 12.6 Å². The van der Waals surface area contributed by atoms with Crippen molar-refractivity contribution in [2.24, 2.45) is 5.92 Å². The Morgan fingerprint density at radius 3 is 2.56 bits per heavy atom. The summed E-state index contributed by atoms with van der Waals surface area (Å²) in [7, 11) is 0. The lowest BCUT2D eigenvalue weighted by molar-refractivity contribution is 0.231. The van der Waals surface area contributed by atoms with Crippen LogP contribution in [0.3, 0.4) is 0 Å².